The van der Waals surface area contributed by atoms with Crippen LogP contribution in [0.5, 0.6) is 11.5 Å². The van der Waals surface area contributed by atoms with Crippen LogP contribution in [0.25, 0.3) is 33.2 Å². The van der Waals surface area contributed by atoms with Crippen LogP contribution in [0.3, 0.4) is 0 Å². The Kier molecular flexibility index (Phi) is 5.41. The number of ether oxygens (including phenoxy) is 1. The largest absolute Gasteiger partial charge is 0.457 e. The number of benzene rings is 4. The van der Waals surface area contributed by atoms with Gasteiger partial charge in [0.05, 0.1) is 17.1 Å². The fraction of sp³-hybridized carbons (Fsp3) is 0.0811. The molecular formula is C37H27N3O2. The molecular weight excluding hydrogens is 518 g/mol. The Morgan fingerprint density at radius 2 is 1.48 bits per heavy atom. The number of hydrogen-bond donors (Lipinski definition) is 0. The fourth-order valence-corrected chi connectivity index (χ4v) is 6.30. The van der Waals surface area contributed by atoms with E-state index in [4.69, 9.17) is 14.1 Å². The van der Waals surface area contributed by atoms with Crippen molar-refractivity contribution in [3.63, 3.8) is 0 Å². The normalized spacial score (nSPS) is 13.6. The number of hydrogen-bond acceptors (Lipinski definition) is 5. The Hall–Kier alpha value is -5.42. The van der Waals surface area contributed by atoms with Crippen molar-refractivity contribution in [2.75, 3.05) is 4.90 Å². The van der Waals surface area contributed by atoms with Crippen molar-refractivity contribution in [3.05, 3.63) is 139 Å². The van der Waals surface area contributed by atoms with Gasteiger partial charge in [-0.2, -0.15) is 0 Å². The minimum absolute atomic E-state index is 0.320. The molecule has 5 heteroatoms. The molecule has 8 rings (SSSR count). The van der Waals surface area contributed by atoms with E-state index in [0.29, 0.717) is 0 Å². The summed E-state index contributed by atoms with van der Waals surface area (Å²) < 4.78 is 12.8. The fourth-order valence-electron chi connectivity index (χ4n) is 6.30. The van der Waals surface area contributed by atoms with Crippen molar-refractivity contribution in [3.8, 4) is 22.8 Å². The molecule has 202 valence electrons. The number of anilines is 3. The second-order valence-electron chi connectivity index (χ2n) is 11.1. The van der Waals surface area contributed by atoms with Crippen molar-refractivity contribution in [1.29, 1.82) is 0 Å². The van der Waals surface area contributed by atoms with Crippen LogP contribution in [-0.4, -0.2) is 9.97 Å². The van der Waals surface area contributed by atoms with Crippen molar-refractivity contribution in [2.45, 2.75) is 19.3 Å². The average Bonchev–Trinajstić information content (AvgIpc) is 3.41. The first-order valence-corrected chi connectivity index (χ1v) is 14.1. The number of para-hydroxylation sites is 1. The van der Waals surface area contributed by atoms with E-state index in [1.807, 2.05) is 79.0 Å². The van der Waals surface area contributed by atoms with E-state index in [9.17, 15) is 0 Å². The summed E-state index contributed by atoms with van der Waals surface area (Å²) in [5, 5.41) is 2.26. The molecule has 0 spiro atoms. The molecule has 0 saturated heterocycles. The highest BCUT2D eigenvalue weighted by molar-refractivity contribution is 6.10. The zero-order valence-electron chi connectivity index (χ0n) is 23.3. The SMILES string of the molecule is CC1(C)c2ccc(Oc3cccc(-c4ccccn4)c3)cc2N(c2ccccn2)c2ccc3oc4ccccc4c3c21. The lowest BCUT2D eigenvalue weighted by Gasteiger charge is -2.42. The Morgan fingerprint density at radius 3 is 2.31 bits per heavy atom. The Labute approximate surface area is 243 Å². The molecule has 42 heavy (non-hydrogen) atoms. The zero-order valence-corrected chi connectivity index (χ0v) is 23.3. The summed E-state index contributed by atoms with van der Waals surface area (Å²) in [5.74, 6) is 2.35. The summed E-state index contributed by atoms with van der Waals surface area (Å²) in [6.45, 7) is 4.58. The lowest BCUT2D eigenvalue weighted by Crippen LogP contribution is -2.31. The summed E-state index contributed by atoms with van der Waals surface area (Å²) in [6, 6.07) is 38.9. The first kappa shape index (κ1) is 24.4. The Balaban J connectivity index is 1.30. The predicted octanol–water partition coefficient (Wildman–Crippen LogP) is 9.94. The van der Waals surface area contributed by atoms with Gasteiger partial charge in [0.1, 0.15) is 28.5 Å². The maximum absolute atomic E-state index is 6.47. The van der Waals surface area contributed by atoms with Gasteiger partial charge in [-0.25, -0.2) is 4.98 Å². The number of pyridine rings is 2. The second-order valence-corrected chi connectivity index (χ2v) is 11.1. The van der Waals surface area contributed by atoms with E-state index in [1.54, 1.807) is 6.20 Å². The third-order valence-electron chi connectivity index (χ3n) is 8.18. The van der Waals surface area contributed by atoms with Gasteiger partial charge in [0.2, 0.25) is 0 Å². The highest BCUT2D eigenvalue weighted by atomic mass is 16.5. The molecule has 3 aromatic heterocycles. The predicted molar refractivity (Wildman–Crippen MR) is 168 cm³/mol. The molecule has 0 unspecified atom stereocenters. The lowest BCUT2D eigenvalue weighted by molar-refractivity contribution is 0.482. The maximum Gasteiger partial charge on any atom is 0.137 e. The highest BCUT2D eigenvalue weighted by Crippen LogP contribution is 2.55. The van der Waals surface area contributed by atoms with Gasteiger partial charge in [-0.3, -0.25) is 9.88 Å². The standard InChI is InChI=1S/C37H27N3O2/c1-37(2)28-17-16-26(41-25-11-9-10-24(22-25)29-13-5-7-20-38-29)23-31(28)40(34-15-6-8-21-39-34)30-18-19-33-35(36(30)37)27-12-3-4-14-32(27)42-33/h3-23H,1-2H3. The van der Waals surface area contributed by atoms with Crippen LogP contribution in [0.15, 0.2) is 132 Å². The number of rotatable bonds is 4. The van der Waals surface area contributed by atoms with Gasteiger partial charge in [0, 0.05) is 40.2 Å². The molecule has 0 radical (unpaired) electrons. The number of aromatic nitrogens is 2. The van der Waals surface area contributed by atoms with E-state index in [-0.39, 0.29) is 5.41 Å². The molecule has 0 aliphatic carbocycles. The molecule has 0 atom stereocenters. The Bertz CT molecular complexity index is 2100. The Morgan fingerprint density at radius 1 is 0.667 bits per heavy atom. The first-order chi connectivity index (χ1) is 20.6. The summed E-state index contributed by atoms with van der Waals surface area (Å²) >= 11 is 0. The van der Waals surface area contributed by atoms with Crippen LogP contribution in [-0.2, 0) is 5.41 Å². The summed E-state index contributed by atoms with van der Waals surface area (Å²) in [6.07, 6.45) is 3.64. The van der Waals surface area contributed by atoms with Gasteiger partial charge in [-0.05, 0) is 71.8 Å². The quantitative estimate of drug-likeness (QED) is 0.220. The van der Waals surface area contributed by atoms with Gasteiger partial charge in [0.25, 0.3) is 0 Å². The monoisotopic (exact) mass is 545 g/mol. The minimum Gasteiger partial charge on any atom is -0.457 e. The van der Waals surface area contributed by atoms with Crippen molar-refractivity contribution in [2.24, 2.45) is 0 Å². The highest BCUT2D eigenvalue weighted by Gasteiger charge is 2.40. The van der Waals surface area contributed by atoms with Crippen LogP contribution in [0.1, 0.15) is 25.0 Å². The van der Waals surface area contributed by atoms with E-state index in [2.05, 4.69) is 66.2 Å². The van der Waals surface area contributed by atoms with Gasteiger partial charge in [-0.15, -0.1) is 0 Å². The van der Waals surface area contributed by atoms with Gasteiger partial charge < -0.3 is 9.15 Å². The molecule has 5 nitrogen and oxygen atoms in total. The van der Waals surface area contributed by atoms with Gasteiger partial charge in [-0.1, -0.05) is 62.4 Å². The maximum atomic E-state index is 6.47. The van der Waals surface area contributed by atoms with E-state index in [0.717, 1.165) is 61.9 Å². The third-order valence-corrected chi connectivity index (χ3v) is 8.18. The molecule has 1 aliphatic rings. The molecule has 4 aromatic carbocycles. The third kappa shape index (κ3) is 3.78. The van der Waals surface area contributed by atoms with E-state index < -0.39 is 0 Å². The summed E-state index contributed by atoms with van der Waals surface area (Å²) in [7, 11) is 0. The molecule has 0 fully saturated rings. The molecule has 0 amide bonds. The zero-order chi connectivity index (χ0) is 28.3. The van der Waals surface area contributed by atoms with E-state index in [1.165, 1.54) is 11.1 Å². The molecule has 0 saturated carbocycles. The van der Waals surface area contributed by atoms with Crippen LogP contribution < -0.4 is 9.64 Å². The smallest absolute Gasteiger partial charge is 0.137 e. The average molecular weight is 546 g/mol. The number of fused-ring (bicyclic) bond motifs is 6. The topological polar surface area (TPSA) is 51.4 Å². The van der Waals surface area contributed by atoms with Crippen LogP contribution in [0.2, 0.25) is 0 Å². The second kappa shape index (κ2) is 9.32. The van der Waals surface area contributed by atoms with Crippen LogP contribution >= 0.6 is 0 Å². The van der Waals surface area contributed by atoms with Crippen molar-refractivity contribution >= 4 is 39.1 Å². The molecule has 0 bridgehead atoms. The summed E-state index contributed by atoms with van der Waals surface area (Å²) in [4.78, 5) is 11.5. The molecule has 7 aromatic rings. The van der Waals surface area contributed by atoms with Gasteiger partial charge in [0.15, 0.2) is 0 Å². The van der Waals surface area contributed by atoms with Crippen molar-refractivity contribution < 1.29 is 9.15 Å². The lowest BCUT2D eigenvalue weighted by atomic mass is 9.72. The van der Waals surface area contributed by atoms with Crippen LogP contribution in [0.4, 0.5) is 17.2 Å². The van der Waals surface area contributed by atoms with Crippen molar-refractivity contribution in [1.82, 2.24) is 9.97 Å². The van der Waals surface area contributed by atoms with E-state index >= 15 is 0 Å². The minimum atomic E-state index is -0.320. The van der Waals surface area contributed by atoms with Gasteiger partial charge >= 0.3 is 0 Å². The number of furan rings is 1. The molecule has 1 aliphatic heterocycles. The summed E-state index contributed by atoms with van der Waals surface area (Å²) in [5.41, 5.74) is 7.91. The number of nitrogens with zero attached hydrogens (tertiary/aromatic N) is 3. The molecule has 0 N–H and O–H groups in total. The molecule has 4 heterocycles. The first-order valence-electron chi connectivity index (χ1n) is 14.1. The van der Waals surface area contributed by atoms with Crippen LogP contribution in [0, 0.1) is 0 Å².